The lowest BCUT2D eigenvalue weighted by Gasteiger charge is -2.32. The van der Waals surface area contributed by atoms with Crippen molar-refractivity contribution < 1.29 is 14.3 Å². The summed E-state index contributed by atoms with van der Waals surface area (Å²) in [5.74, 6) is -0.268. The van der Waals surface area contributed by atoms with Gasteiger partial charge in [0.05, 0.1) is 6.61 Å². The number of carbonyl (C=O) groups is 2. The van der Waals surface area contributed by atoms with Gasteiger partial charge in [0.15, 0.2) is 0 Å². The lowest BCUT2D eigenvalue weighted by Crippen LogP contribution is -2.45. The van der Waals surface area contributed by atoms with Crippen molar-refractivity contribution in [2.45, 2.75) is 25.4 Å². The highest BCUT2D eigenvalue weighted by atomic mass is 79.9. The van der Waals surface area contributed by atoms with E-state index in [1.807, 2.05) is 72.9 Å². The highest BCUT2D eigenvalue weighted by molar-refractivity contribution is 9.10. The van der Waals surface area contributed by atoms with Gasteiger partial charge in [0.25, 0.3) is 0 Å². The van der Waals surface area contributed by atoms with Gasteiger partial charge in [-0.3, -0.25) is 9.59 Å². The van der Waals surface area contributed by atoms with Crippen LogP contribution in [-0.2, 0) is 20.9 Å². The van der Waals surface area contributed by atoms with Gasteiger partial charge in [0, 0.05) is 44.2 Å². The molecule has 0 saturated heterocycles. The second-order valence-corrected chi connectivity index (χ2v) is 9.02. The quantitative estimate of drug-likeness (QED) is 0.444. The van der Waals surface area contributed by atoms with Gasteiger partial charge in [-0.1, -0.05) is 70.5 Å². The van der Waals surface area contributed by atoms with E-state index in [2.05, 4.69) is 32.2 Å². The fourth-order valence-corrected chi connectivity index (χ4v) is 4.10. The van der Waals surface area contributed by atoms with Crippen LogP contribution in [0.2, 0.25) is 0 Å². The minimum Gasteiger partial charge on any atom is -0.383 e. The number of allylic oxidation sites excluding steroid dienone is 2. The zero-order valence-electron chi connectivity index (χ0n) is 19.5. The van der Waals surface area contributed by atoms with Crippen molar-refractivity contribution in [1.29, 1.82) is 0 Å². The molecule has 2 amide bonds. The van der Waals surface area contributed by atoms with E-state index >= 15 is 0 Å². The van der Waals surface area contributed by atoms with E-state index in [9.17, 15) is 9.59 Å². The molecule has 34 heavy (non-hydrogen) atoms. The van der Waals surface area contributed by atoms with Crippen LogP contribution in [-0.4, -0.2) is 55.0 Å². The Morgan fingerprint density at radius 3 is 2.56 bits per heavy atom. The van der Waals surface area contributed by atoms with Crippen molar-refractivity contribution in [1.82, 2.24) is 15.1 Å². The van der Waals surface area contributed by atoms with Crippen LogP contribution >= 0.6 is 15.9 Å². The summed E-state index contributed by atoms with van der Waals surface area (Å²) >= 11 is 3.46. The summed E-state index contributed by atoms with van der Waals surface area (Å²) in [5.41, 5.74) is 1.77. The third-order valence-corrected chi connectivity index (χ3v) is 6.16. The molecule has 1 heterocycles. The standard InChI is InChI=1S/C27H32BrN3O3/c1-34-20-19-31(25(32)11-8-18-30-16-6-3-7-17-30)26(23-12-14-24(28)15-13-23)27(33)29-21-22-9-4-2-5-10-22/h2-7,9-10,12-16,26H,8,11,17-21H2,1H3,(H,29,33). The minimum absolute atomic E-state index is 0.0589. The molecule has 0 spiro atoms. The maximum atomic E-state index is 13.4. The summed E-state index contributed by atoms with van der Waals surface area (Å²) < 4.78 is 6.19. The van der Waals surface area contributed by atoms with Crippen LogP contribution in [0.5, 0.6) is 0 Å². The molecular formula is C27H32BrN3O3. The molecule has 1 aliphatic heterocycles. The van der Waals surface area contributed by atoms with Gasteiger partial charge in [-0.2, -0.15) is 0 Å². The van der Waals surface area contributed by atoms with E-state index in [4.69, 9.17) is 4.74 Å². The van der Waals surface area contributed by atoms with Crippen molar-refractivity contribution in [2.75, 3.05) is 33.4 Å². The number of hydrogen-bond acceptors (Lipinski definition) is 4. The van der Waals surface area contributed by atoms with Crippen molar-refractivity contribution >= 4 is 27.7 Å². The van der Waals surface area contributed by atoms with Crippen LogP contribution < -0.4 is 5.32 Å². The van der Waals surface area contributed by atoms with Crippen LogP contribution in [0.15, 0.2) is 83.5 Å². The number of benzene rings is 2. The largest absolute Gasteiger partial charge is 0.383 e. The summed E-state index contributed by atoms with van der Waals surface area (Å²) in [7, 11) is 1.60. The topological polar surface area (TPSA) is 61.9 Å². The van der Waals surface area contributed by atoms with Gasteiger partial charge in [0.1, 0.15) is 6.04 Å². The van der Waals surface area contributed by atoms with E-state index < -0.39 is 6.04 Å². The maximum Gasteiger partial charge on any atom is 0.247 e. The molecule has 0 radical (unpaired) electrons. The average Bonchev–Trinajstić information content (AvgIpc) is 2.87. The molecule has 180 valence electrons. The molecule has 0 aromatic heterocycles. The Hall–Kier alpha value is -2.90. The summed E-state index contributed by atoms with van der Waals surface area (Å²) in [6.45, 7) is 2.72. The number of nitrogens with zero attached hydrogens (tertiary/aromatic N) is 2. The van der Waals surface area contributed by atoms with Crippen LogP contribution in [0.1, 0.15) is 30.0 Å². The molecule has 1 atom stereocenters. The molecule has 0 bridgehead atoms. The monoisotopic (exact) mass is 525 g/mol. The van der Waals surface area contributed by atoms with Gasteiger partial charge in [-0.15, -0.1) is 0 Å². The third kappa shape index (κ3) is 7.85. The Bertz CT molecular complexity index is 976. The Morgan fingerprint density at radius 2 is 1.88 bits per heavy atom. The normalized spacial score (nSPS) is 13.5. The van der Waals surface area contributed by atoms with Gasteiger partial charge >= 0.3 is 0 Å². The number of rotatable bonds is 12. The first-order valence-corrected chi connectivity index (χ1v) is 12.3. The van der Waals surface area contributed by atoms with Crippen molar-refractivity contribution in [3.63, 3.8) is 0 Å². The molecule has 6 nitrogen and oxygen atoms in total. The molecule has 1 aliphatic rings. The third-order valence-electron chi connectivity index (χ3n) is 5.63. The molecule has 2 aromatic carbocycles. The van der Waals surface area contributed by atoms with Crippen LogP contribution in [0.4, 0.5) is 0 Å². The summed E-state index contributed by atoms with van der Waals surface area (Å²) in [5, 5.41) is 3.02. The smallest absolute Gasteiger partial charge is 0.247 e. The predicted molar refractivity (Wildman–Crippen MR) is 138 cm³/mol. The van der Waals surface area contributed by atoms with Gasteiger partial charge in [-0.25, -0.2) is 0 Å². The lowest BCUT2D eigenvalue weighted by atomic mass is 10.0. The van der Waals surface area contributed by atoms with E-state index in [1.165, 1.54) is 0 Å². The number of ether oxygens (including phenoxy) is 1. The summed E-state index contributed by atoms with van der Waals surface area (Å²) in [6.07, 6.45) is 9.21. The maximum absolute atomic E-state index is 13.4. The van der Waals surface area contributed by atoms with E-state index in [0.29, 0.717) is 32.5 Å². The summed E-state index contributed by atoms with van der Waals surface area (Å²) in [4.78, 5) is 30.7. The highest BCUT2D eigenvalue weighted by Crippen LogP contribution is 2.25. The second-order valence-electron chi connectivity index (χ2n) is 8.11. The molecule has 0 fully saturated rings. The predicted octanol–water partition coefficient (Wildman–Crippen LogP) is 4.45. The number of carbonyl (C=O) groups excluding carboxylic acids is 2. The molecule has 7 heteroatoms. The fourth-order valence-electron chi connectivity index (χ4n) is 3.84. The first-order chi connectivity index (χ1) is 16.6. The molecule has 0 saturated carbocycles. The molecular weight excluding hydrogens is 494 g/mol. The van der Waals surface area contributed by atoms with Gasteiger partial charge in [0.2, 0.25) is 11.8 Å². The van der Waals surface area contributed by atoms with E-state index in [1.54, 1.807) is 12.0 Å². The van der Waals surface area contributed by atoms with Gasteiger partial charge < -0.3 is 19.9 Å². The summed E-state index contributed by atoms with van der Waals surface area (Å²) in [6, 6.07) is 16.6. The number of amides is 2. The molecule has 3 rings (SSSR count). The first kappa shape index (κ1) is 25.7. The van der Waals surface area contributed by atoms with Crippen molar-refractivity contribution in [3.05, 3.63) is 94.6 Å². The van der Waals surface area contributed by atoms with Crippen molar-refractivity contribution in [2.24, 2.45) is 0 Å². The van der Waals surface area contributed by atoms with E-state index in [-0.39, 0.29) is 11.8 Å². The lowest BCUT2D eigenvalue weighted by molar-refractivity contribution is -0.141. The Balaban J connectivity index is 1.75. The molecule has 1 N–H and O–H groups in total. The minimum atomic E-state index is -0.739. The van der Waals surface area contributed by atoms with Gasteiger partial charge in [-0.05, 0) is 42.0 Å². The number of nitrogens with one attached hydrogen (secondary N) is 1. The Labute approximate surface area is 210 Å². The molecule has 0 aliphatic carbocycles. The number of hydrogen-bond donors (Lipinski definition) is 1. The molecule has 2 aromatic rings. The van der Waals surface area contributed by atoms with Crippen LogP contribution in [0.3, 0.4) is 0 Å². The zero-order chi connectivity index (χ0) is 24.2. The SMILES string of the molecule is COCCN(C(=O)CCCN1C=CC=CC1)C(C(=O)NCc1ccccc1)c1ccc(Br)cc1. The number of halogens is 1. The fraction of sp³-hybridized carbons (Fsp3) is 0.333. The Kier molecular flexibility index (Phi) is 10.4. The average molecular weight is 526 g/mol. The van der Waals surface area contributed by atoms with Crippen LogP contribution in [0.25, 0.3) is 0 Å². The van der Waals surface area contributed by atoms with Crippen LogP contribution in [0, 0.1) is 0 Å². The number of methoxy groups -OCH3 is 1. The highest BCUT2D eigenvalue weighted by Gasteiger charge is 2.31. The molecule has 1 unspecified atom stereocenters. The zero-order valence-corrected chi connectivity index (χ0v) is 21.1. The van der Waals surface area contributed by atoms with E-state index in [0.717, 1.165) is 28.7 Å². The first-order valence-electron chi connectivity index (χ1n) is 11.5. The Morgan fingerprint density at radius 1 is 1.12 bits per heavy atom. The van der Waals surface area contributed by atoms with Crippen molar-refractivity contribution in [3.8, 4) is 0 Å². The second kappa shape index (κ2) is 13.7.